The third-order valence-corrected chi connectivity index (χ3v) is 4.47. The first-order chi connectivity index (χ1) is 7.58. The number of hydrogen-bond donors (Lipinski definition) is 0. The summed E-state index contributed by atoms with van der Waals surface area (Å²) in [6, 6.07) is 8.12. The number of rotatable bonds is 1. The molecule has 0 heterocycles. The SMILES string of the molecule is Cc1[c]c(C2CCC(C)C(C)C2)ccc1C. The Morgan fingerprint density at radius 3 is 2.44 bits per heavy atom. The molecule has 1 fully saturated rings. The van der Waals surface area contributed by atoms with E-state index in [1.165, 1.54) is 36.0 Å². The van der Waals surface area contributed by atoms with Crippen LogP contribution in [0.3, 0.4) is 0 Å². The predicted molar refractivity (Wildman–Crippen MR) is 69.7 cm³/mol. The zero-order chi connectivity index (χ0) is 11.7. The van der Waals surface area contributed by atoms with E-state index in [0.29, 0.717) is 0 Å². The van der Waals surface area contributed by atoms with Gasteiger partial charge < -0.3 is 0 Å². The lowest BCUT2D eigenvalue weighted by molar-refractivity contribution is 0.250. The highest BCUT2D eigenvalue weighted by molar-refractivity contribution is 5.30. The van der Waals surface area contributed by atoms with Gasteiger partial charge in [0.1, 0.15) is 0 Å². The fourth-order valence-corrected chi connectivity index (χ4v) is 2.76. The topological polar surface area (TPSA) is 0 Å². The Labute approximate surface area is 100 Å². The first-order valence-electron chi connectivity index (χ1n) is 6.57. The van der Waals surface area contributed by atoms with Crippen LogP contribution in [0.5, 0.6) is 0 Å². The molecular formula is C16H23. The molecule has 0 aromatic heterocycles. The molecule has 3 atom stereocenters. The lowest BCUT2D eigenvalue weighted by atomic mass is 9.73. The van der Waals surface area contributed by atoms with Crippen molar-refractivity contribution in [1.29, 1.82) is 0 Å². The first kappa shape index (κ1) is 11.7. The largest absolute Gasteiger partial charge is 0.0623 e. The van der Waals surface area contributed by atoms with Gasteiger partial charge in [0.25, 0.3) is 0 Å². The van der Waals surface area contributed by atoms with Crippen molar-refractivity contribution in [2.45, 2.75) is 52.9 Å². The van der Waals surface area contributed by atoms with Crippen LogP contribution in [0, 0.1) is 31.7 Å². The average molecular weight is 215 g/mol. The molecule has 0 nitrogen and oxygen atoms in total. The molecule has 1 aromatic rings. The summed E-state index contributed by atoms with van der Waals surface area (Å²) in [5, 5.41) is 0. The van der Waals surface area contributed by atoms with Gasteiger partial charge in [-0.15, -0.1) is 0 Å². The van der Waals surface area contributed by atoms with Gasteiger partial charge in [0.05, 0.1) is 0 Å². The van der Waals surface area contributed by atoms with E-state index in [0.717, 1.165) is 17.8 Å². The van der Waals surface area contributed by atoms with Crippen molar-refractivity contribution in [1.82, 2.24) is 0 Å². The molecule has 1 radical (unpaired) electrons. The monoisotopic (exact) mass is 215 g/mol. The second-order valence-electron chi connectivity index (χ2n) is 5.69. The molecule has 1 saturated carbocycles. The van der Waals surface area contributed by atoms with Crippen molar-refractivity contribution >= 4 is 0 Å². The molecule has 87 valence electrons. The molecule has 0 bridgehead atoms. The third-order valence-electron chi connectivity index (χ3n) is 4.47. The summed E-state index contributed by atoms with van der Waals surface area (Å²) in [7, 11) is 0. The van der Waals surface area contributed by atoms with Crippen molar-refractivity contribution in [2.24, 2.45) is 11.8 Å². The van der Waals surface area contributed by atoms with Crippen LogP contribution in [0.1, 0.15) is 55.7 Å². The summed E-state index contributed by atoms with van der Waals surface area (Å²) in [4.78, 5) is 0. The van der Waals surface area contributed by atoms with Crippen LogP contribution < -0.4 is 0 Å². The third kappa shape index (κ3) is 2.31. The second-order valence-corrected chi connectivity index (χ2v) is 5.69. The van der Waals surface area contributed by atoms with E-state index in [2.05, 4.69) is 45.9 Å². The van der Waals surface area contributed by atoms with Gasteiger partial charge in [-0.05, 0) is 73.6 Å². The number of aryl methyl sites for hydroxylation is 2. The normalized spacial score (nSPS) is 30.4. The van der Waals surface area contributed by atoms with Gasteiger partial charge in [0.15, 0.2) is 0 Å². The Kier molecular flexibility index (Phi) is 3.37. The summed E-state index contributed by atoms with van der Waals surface area (Å²) >= 11 is 0. The minimum absolute atomic E-state index is 0.755. The van der Waals surface area contributed by atoms with E-state index in [-0.39, 0.29) is 0 Å². The lowest BCUT2D eigenvalue weighted by Gasteiger charge is -2.32. The highest BCUT2D eigenvalue weighted by atomic mass is 14.3. The number of hydrogen-bond acceptors (Lipinski definition) is 0. The van der Waals surface area contributed by atoms with Crippen molar-refractivity contribution in [3.05, 3.63) is 34.9 Å². The lowest BCUT2D eigenvalue weighted by Crippen LogP contribution is -2.19. The predicted octanol–water partition coefficient (Wildman–Crippen LogP) is 4.64. The Hall–Kier alpha value is -0.780. The molecule has 1 aliphatic carbocycles. The van der Waals surface area contributed by atoms with Gasteiger partial charge in [-0.2, -0.15) is 0 Å². The number of benzene rings is 1. The molecule has 1 aliphatic rings. The Morgan fingerprint density at radius 2 is 1.81 bits per heavy atom. The van der Waals surface area contributed by atoms with Gasteiger partial charge in [-0.1, -0.05) is 26.0 Å². The molecule has 3 unspecified atom stereocenters. The summed E-state index contributed by atoms with van der Waals surface area (Å²) in [5.41, 5.74) is 4.13. The summed E-state index contributed by atoms with van der Waals surface area (Å²) in [5.74, 6) is 2.53. The van der Waals surface area contributed by atoms with E-state index < -0.39 is 0 Å². The maximum atomic E-state index is 3.58. The van der Waals surface area contributed by atoms with Crippen LogP contribution >= 0.6 is 0 Å². The Morgan fingerprint density at radius 1 is 1.06 bits per heavy atom. The molecule has 0 spiro atoms. The summed E-state index contributed by atoms with van der Waals surface area (Å²) < 4.78 is 0. The van der Waals surface area contributed by atoms with Crippen LogP contribution in [0.2, 0.25) is 0 Å². The van der Waals surface area contributed by atoms with Crippen molar-refractivity contribution in [3.8, 4) is 0 Å². The van der Waals surface area contributed by atoms with E-state index >= 15 is 0 Å². The maximum Gasteiger partial charge on any atom is -0.0112 e. The molecule has 0 saturated heterocycles. The second kappa shape index (κ2) is 4.61. The molecule has 0 amide bonds. The van der Waals surface area contributed by atoms with Gasteiger partial charge in [0.2, 0.25) is 0 Å². The fraction of sp³-hybridized carbons (Fsp3) is 0.625. The molecule has 0 heteroatoms. The Bertz CT molecular complexity index is 364. The van der Waals surface area contributed by atoms with Crippen LogP contribution in [-0.4, -0.2) is 0 Å². The minimum Gasteiger partial charge on any atom is -0.0623 e. The minimum atomic E-state index is 0.755. The zero-order valence-corrected chi connectivity index (χ0v) is 11.0. The standard InChI is InChI=1S/C16H23/c1-11-5-7-15(9-13(11)3)16-8-6-12(2)14(4)10-16/h5,7,12,14,16H,6,8,10H2,1-4H3. The van der Waals surface area contributed by atoms with Gasteiger partial charge in [-0.3, -0.25) is 0 Å². The van der Waals surface area contributed by atoms with E-state index in [1.807, 2.05) is 0 Å². The first-order valence-corrected chi connectivity index (χ1v) is 6.57. The Balaban J connectivity index is 2.15. The molecule has 0 N–H and O–H groups in total. The highest BCUT2D eigenvalue weighted by Gasteiger charge is 2.25. The van der Waals surface area contributed by atoms with Crippen molar-refractivity contribution in [2.75, 3.05) is 0 Å². The van der Waals surface area contributed by atoms with Gasteiger partial charge in [0, 0.05) is 0 Å². The van der Waals surface area contributed by atoms with Gasteiger partial charge in [-0.25, -0.2) is 0 Å². The van der Waals surface area contributed by atoms with Gasteiger partial charge >= 0.3 is 0 Å². The highest BCUT2D eigenvalue weighted by Crippen LogP contribution is 2.39. The zero-order valence-electron chi connectivity index (χ0n) is 11.0. The van der Waals surface area contributed by atoms with Crippen LogP contribution in [0.4, 0.5) is 0 Å². The maximum absolute atomic E-state index is 3.58. The van der Waals surface area contributed by atoms with Crippen LogP contribution in [0.25, 0.3) is 0 Å². The molecule has 1 aromatic carbocycles. The molecule has 16 heavy (non-hydrogen) atoms. The average Bonchev–Trinajstić information content (AvgIpc) is 2.26. The summed E-state index contributed by atoms with van der Waals surface area (Å²) in [6.07, 6.45) is 4.08. The van der Waals surface area contributed by atoms with Crippen molar-refractivity contribution < 1.29 is 0 Å². The quantitative estimate of drug-likeness (QED) is 0.640. The molecule has 0 aliphatic heterocycles. The van der Waals surface area contributed by atoms with E-state index in [4.69, 9.17) is 0 Å². The van der Waals surface area contributed by atoms with Crippen molar-refractivity contribution in [3.63, 3.8) is 0 Å². The van der Waals surface area contributed by atoms with E-state index in [9.17, 15) is 0 Å². The molecular weight excluding hydrogens is 192 g/mol. The van der Waals surface area contributed by atoms with E-state index in [1.54, 1.807) is 0 Å². The van der Waals surface area contributed by atoms with Crippen LogP contribution in [-0.2, 0) is 0 Å². The van der Waals surface area contributed by atoms with Crippen LogP contribution in [0.15, 0.2) is 12.1 Å². The molecule has 2 rings (SSSR count). The fourth-order valence-electron chi connectivity index (χ4n) is 2.76. The summed E-state index contributed by atoms with van der Waals surface area (Å²) in [6.45, 7) is 9.14. The smallest absolute Gasteiger partial charge is 0.0112 e.